The van der Waals surface area contributed by atoms with E-state index in [4.69, 9.17) is 4.52 Å². The van der Waals surface area contributed by atoms with Crippen LogP contribution in [0.2, 0.25) is 0 Å². The second kappa shape index (κ2) is 5.88. The summed E-state index contributed by atoms with van der Waals surface area (Å²) in [6, 6.07) is 0.198. The summed E-state index contributed by atoms with van der Waals surface area (Å²) in [5.41, 5.74) is 0. The maximum atomic E-state index is 5.08. The van der Waals surface area contributed by atoms with Crippen LogP contribution in [0.1, 0.15) is 31.1 Å². The predicted molar refractivity (Wildman–Crippen MR) is 78.0 cm³/mol. The highest BCUT2D eigenvalue weighted by atomic mass is 32.1. The molecule has 3 heterocycles. The maximum absolute atomic E-state index is 5.08. The Hall–Kier alpha value is -1.47. The van der Waals surface area contributed by atoms with Crippen molar-refractivity contribution in [2.45, 2.75) is 26.3 Å². The minimum absolute atomic E-state index is 0.198. The molecule has 108 valence electrons. The second-order valence-electron chi connectivity index (χ2n) is 5.04. The fourth-order valence-corrected chi connectivity index (χ4v) is 3.23. The van der Waals surface area contributed by atoms with Crippen molar-refractivity contribution in [3.63, 3.8) is 0 Å². The van der Waals surface area contributed by atoms with Gasteiger partial charge >= 0.3 is 0 Å². The van der Waals surface area contributed by atoms with Crippen molar-refractivity contribution in [2.24, 2.45) is 0 Å². The normalized spacial score (nSPS) is 19.0. The Balaban J connectivity index is 1.65. The third kappa shape index (κ3) is 2.83. The lowest BCUT2D eigenvalue weighted by atomic mass is 10.2. The molecule has 0 unspecified atom stereocenters. The molecule has 7 heteroatoms. The van der Waals surface area contributed by atoms with Gasteiger partial charge in [-0.15, -0.1) is 11.3 Å². The van der Waals surface area contributed by atoms with Crippen LogP contribution in [0.15, 0.2) is 16.1 Å². The van der Waals surface area contributed by atoms with Gasteiger partial charge in [0.1, 0.15) is 0 Å². The summed E-state index contributed by atoms with van der Waals surface area (Å²) in [5.74, 6) is 1.41. The Kier molecular flexibility index (Phi) is 3.98. The first-order valence-corrected chi connectivity index (χ1v) is 7.80. The van der Waals surface area contributed by atoms with Crippen LogP contribution in [-0.2, 0) is 0 Å². The van der Waals surface area contributed by atoms with Crippen LogP contribution in [0.5, 0.6) is 0 Å². The molecule has 0 N–H and O–H groups in total. The molecular weight excluding hydrogens is 274 g/mol. The monoisotopic (exact) mass is 293 g/mol. The van der Waals surface area contributed by atoms with Crippen molar-refractivity contribution in [1.29, 1.82) is 0 Å². The molecule has 2 aromatic heterocycles. The van der Waals surface area contributed by atoms with Gasteiger partial charge in [0.05, 0.1) is 6.04 Å². The van der Waals surface area contributed by atoms with Crippen LogP contribution in [-0.4, -0.2) is 46.2 Å². The van der Waals surface area contributed by atoms with E-state index in [-0.39, 0.29) is 6.04 Å². The quantitative estimate of drug-likeness (QED) is 0.864. The SMILES string of the molecule is Cc1nc([C@H](C)N2CCCN(c3nccs3)CC2)no1. The van der Waals surface area contributed by atoms with E-state index in [1.54, 1.807) is 11.3 Å². The molecule has 1 atom stereocenters. The van der Waals surface area contributed by atoms with Gasteiger partial charge < -0.3 is 9.42 Å². The highest BCUT2D eigenvalue weighted by Crippen LogP contribution is 2.23. The molecule has 1 saturated heterocycles. The molecule has 1 aliphatic heterocycles. The second-order valence-corrected chi connectivity index (χ2v) is 5.91. The molecule has 0 bridgehead atoms. The number of hydrogen-bond acceptors (Lipinski definition) is 7. The summed E-state index contributed by atoms with van der Waals surface area (Å²) >= 11 is 1.70. The molecule has 0 amide bonds. The number of nitrogens with zero attached hydrogens (tertiary/aromatic N) is 5. The van der Waals surface area contributed by atoms with Crippen molar-refractivity contribution in [3.05, 3.63) is 23.3 Å². The summed E-state index contributed by atoms with van der Waals surface area (Å²) in [6.45, 7) is 8.07. The molecule has 0 aliphatic carbocycles. The number of aromatic nitrogens is 3. The van der Waals surface area contributed by atoms with Gasteiger partial charge in [0.2, 0.25) is 5.89 Å². The Morgan fingerprint density at radius 2 is 2.20 bits per heavy atom. The number of hydrogen-bond donors (Lipinski definition) is 0. The molecule has 0 aromatic carbocycles. The molecule has 0 saturated carbocycles. The lowest BCUT2D eigenvalue weighted by molar-refractivity contribution is 0.213. The van der Waals surface area contributed by atoms with E-state index in [1.807, 2.05) is 18.5 Å². The molecular formula is C13H19N5OS. The standard InChI is InChI=1S/C13H19N5OS/c1-10(12-15-11(2)19-16-12)17-5-3-6-18(8-7-17)13-14-4-9-20-13/h4,9-10H,3,5-8H2,1-2H3/t10-/m0/s1. The van der Waals surface area contributed by atoms with Gasteiger partial charge in [-0.2, -0.15) is 4.98 Å². The van der Waals surface area contributed by atoms with Crippen LogP contribution in [0.3, 0.4) is 0 Å². The zero-order valence-electron chi connectivity index (χ0n) is 11.8. The number of aryl methyl sites for hydroxylation is 1. The molecule has 6 nitrogen and oxygen atoms in total. The van der Waals surface area contributed by atoms with Gasteiger partial charge in [-0.25, -0.2) is 4.98 Å². The summed E-state index contributed by atoms with van der Waals surface area (Å²) in [7, 11) is 0. The van der Waals surface area contributed by atoms with Gasteiger partial charge in [0.25, 0.3) is 0 Å². The van der Waals surface area contributed by atoms with Crippen molar-refractivity contribution < 1.29 is 4.52 Å². The van der Waals surface area contributed by atoms with Crippen LogP contribution in [0.25, 0.3) is 0 Å². The molecule has 20 heavy (non-hydrogen) atoms. The van der Waals surface area contributed by atoms with Crippen molar-refractivity contribution in [1.82, 2.24) is 20.0 Å². The number of anilines is 1. The summed E-state index contributed by atoms with van der Waals surface area (Å²) < 4.78 is 5.08. The summed E-state index contributed by atoms with van der Waals surface area (Å²) in [5, 5.41) is 7.19. The van der Waals surface area contributed by atoms with Crippen molar-refractivity contribution >= 4 is 16.5 Å². The summed E-state index contributed by atoms with van der Waals surface area (Å²) in [6.07, 6.45) is 2.99. The average Bonchev–Trinajstić information content (AvgIpc) is 3.05. The first kappa shape index (κ1) is 13.5. The van der Waals surface area contributed by atoms with E-state index in [0.29, 0.717) is 5.89 Å². The first-order chi connectivity index (χ1) is 9.74. The largest absolute Gasteiger partial charge is 0.347 e. The van der Waals surface area contributed by atoms with E-state index in [1.165, 1.54) is 0 Å². The first-order valence-electron chi connectivity index (χ1n) is 6.93. The lowest BCUT2D eigenvalue weighted by Gasteiger charge is -2.25. The third-order valence-electron chi connectivity index (χ3n) is 3.68. The Labute approximate surface area is 122 Å². The van der Waals surface area contributed by atoms with Gasteiger partial charge in [0, 0.05) is 44.7 Å². The van der Waals surface area contributed by atoms with Gasteiger partial charge in [0.15, 0.2) is 11.0 Å². The molecule has 1 fully saturated rings. The average molecular weight is 293 g/mol. The predicted octanol–water partition coefficient (Wildman–Crippen LogP) is 2.11. The van der Waals surface area contributed by atoms with Gasteiger partial charge in [-0.3, -0.25) is 4.90 Å². The minimum Gasteiger partial charge on any atom is -0.347 e. The lowest BCUT2D eigenvalue weighted by Crippen LogP contribution is -2.32. The molecule has 3 rings (SSSR count). The van der Waals surface area contributed by atoms with Gasteiger partial charge in [-0.1, -0.05) is 5.16 Å². The smallest absolute Gasteiger partial charge is 0.223 e. The summed E-state index contributed by atoms with van der Waals surface area (Å²) in [4.78, 5) is 13.5. The molecule has 0 radical (unpaired) electrons. The Morgan fingerprint density at radius 3 is 2.90 bits per heavy atom. The Morgan fingerprint density at radius 1 is 1.30 bits per heavy atom. The van der Waals surface area contributed by atoms with Gasteiger partial charge in [-0.05, 0) is 13.3 Å². The van der Waals surface area contributed by atoms with Crippen molar-refractivity contribution in [3.8, 4) is 0 Å². The van der Waals surface area contributed by atoms with E-state index in [9.17, 15) is 0 Å². The Bertz CT molecular complexity index is 541. The molecule has 2 aromatic rings. The number of thiazole rings is 1. The van der Waals surface area contributed by atoms with Crippen LogP contribution >= 0.6 is 11.3 Å². The van der Waals surface area contributed by atoms with Crippen molar-refractivity contribution in [2.75, 3.05) is 31.1 Å². The topological polar surface area (TPSA) is 58.3 Å². The fraction of sp³-hybridized carbons (Fsp3) is 0.615. The van der Waals surface area contributed by atoms with E-state index in [0.717, 1.165) is 43.6 Å². The van der Waals surface area contributed by atoms with Crippen LogP contribution < -0.4 is 4.90 Å². The van der Waals surface area contributed by atoms with E-state index >= 15 is 0 Å². The maximum Gasteiger partial charge on any atom is 0.223 e. The molecule has 1 aliphatic rings. The highest BCUT2D eigenvalue weighted by Gasteiger charge is 2.23. The minimum atomic E-state index is 0.198. The molecule has 0 spiro atoms. The zero-order chi connectivity index (χ0) is 13.9. The van der Waals surface area contributed by atoms with Crippen LogP contribution in [0.4, 0.5) is 5.13 Å². The number of rotatable bonds is 3. The highest BCUT2D eigenvalue weighted by molar-refractivity contribution is 7.13. The fourth-order valence-electron chi connectivity index (χ4n) is 2.54. The van der Waals surface area contributed by atoms with E-state index in [2.05, 4.69) is 31.8 Å². The zero-order valence-corrected chi connectivity index (χ0v) is 12.6. The third-order valence-corrected chi connectivity index (χ3v) is 4.52. The van der Waals surface area contributed by atoms with E-state index < -0.39 is 0 Å². The van der Waals surface area contributed by atoms with Crippen LogP contribution in [0, 0.1) is 6.92 Å².